The quantitative estimate of drug-likeness (QED) is 0.736. The SMILES string of the molecule is CCN(CCF)C1CCCCC1CN. The maximum atomic E-state index is 12.3. The molecule has 1 rings (SSSR count). The smallest absolute Gasteiger partial charge is 0.102 e. The number of halogens is 1. The summed E-state index contributed by atoms with van der Waals surface area (Å²) in [6, 6.07) is 0.537. The van der Waals surface area contributed by atoms with Crippen LogP contribution in [0, 0.1) is 5.92 Å². The Morgan fingerprint density at radius 3 is 2.64 bits per heavy atom. The minimum atomic E-state index is -0.234. The summed E-state index contributed by atoms with van der Waals surface area (Å²) in [5.74, 6) is 0.593. The van der Waals surface area contributed by atoms with Crippen LogP contribution in [0.5, 0.6) is 0 Å². The van der Waals surface area contributed by atoms with Crippen molar-refractivity contribution in [2.24, 2.45) is 11.7 Å². The van der Waals surface area contributed by atoms with Crippen LogP contribution in [0.1, 0.15) is 32.6 Å². The van der Waals surface area contributed by atoms with Crippen molar-refractivity contribution in [3.63, 3.8) is 0 Å². The third-order valence-corrected chi connectivity index (χ3v) is 3.42. The lowest BCUT2D eigenvalue weighted by molar-refractivity contribution is 0.105. The van der Waals surface area contributed by atoms with Crippen LogP contribution in [-0.4, -0.2) is 37.3 Å². The molecule has 0 aromatic carbocycles. The molecule has 2 atom stereocenters. The summed E-state index contributed by atoms with van der Waals surface area (Å²) in [5, 5.41) is 0. The van der Waals surface area contributed by atoms with Gasteiger partial charge in [0.2, 0.25) is 0 Å². The van der Waals surface area contributed by atoms with E-state index in [4.69, 9.17) is 5.73 Å². The van der Waals surface area contributed by atoms with Gasteiger partial charge in [-0.2, -0.15) is 0 Å². The predicted molar refractivity (Wildman–Crippen MR) is 58.0 cm³/mol. The first-order valence-electron chi connectivity index (χ1n) is 5.83. The normalized spacial score (nSPS) is 28.3. The molecule has 0 aliphatic heterocycles. The van der Waals surface area contributed by atoms with E-state index in [2.05, 4.69) is 11.8 Å². The highest BCUT2D eigenvalue weighted by molar-refractivity contribution is 4.83. The van der Waals surface area contributed by atoms with Gasteiger partial charge < -0.3 is 5.73 Å². The van der Waals surface area contributed by atoms with E-state index < -0.39 is 0 Å². The molecule has 1 aliphatic carbocycles. The average molecular weight is 202 g/mol. The molecule has 2 N–H and O–H groups in total. The van der Waals surface area contributed by atoms with Gasteiger partial charge in [-0.25, -0.2) is 4.39 Å². The minimum Gasteiger partial charge on any atom is -0.330 e. The molecule has 0 bridgehead atoms. The summed E-state index contributed by atoms with van der Waals surface area (Å²) in [6.45, 7) is 4.16. The number of hydrogen-bond acceptors (Lipinski definition) is 2. The number of nitrogens with zero attached hydrogens (tertiary/aromatic N) is 1. The van der Waals surface area contributed by atoms with Crippen molar-refractivity contribution >= 4 is 0 Å². The van der Waals surface area contributed by atoms with Gasteiger partial charge in [0.15, 0.2) is 0 Å². The van der Waals surface area contributed by atoms with Crippen LogP contribution in [0.25, 0.3) is 0 Å². The first-order valence-corrected chi connectivity index (χ1v) is 5.83. The molecular weight excluding hydrogens is 179 g/mol. The van der Waals surface area contributed by atoms with Gasteiger partial charge in [0.25, 0.3) is 0 Å². The van der Waals surface area contributed by atoms with Crippen LogP contribution in [0.3, 0.4) is 0 Å². The van der Waals surface area contributed by atoms with E-state index in [1.807, 2.05) is 0 Å². The van der Waals surface area contributed by atoms with Crippen molar-refractivity contribution in [2.45, 2.75) is 38.6 Å². The van der Waals surface area contributed by atoms with Crippen LogP contribution < -0.4 is 5.73 Å². The Labute approximate surface area is 86.6 Å². The Bertz CT molecular complexity index is 152. The van der Waals surface area contributed by atoms with Crippen molar-refractivity contribution in [1.29, 1.82) is 0 Å². The molecule has 0 aromatic heterocycles. The van der Waals surface area contributed by atoms with Crippen molar-refractivity contribution in [3.05, 3.63) is 0 Å². The van der Waals surface area contributed by atoms with Crippen molar-refractivity contribution < 1.29 is 4.39 Å². The average Bonchev–Trinajstić information content (AvgIpc) is 2.26. The van der Waals surface area contributed by atoms with E-state index in [-0.39, 0.29) is 6.67 Å². The third-order valence-electron chi connectivity index (χ3n) is 3.42. The van der Waals surface area contributed by atoms with E-state index in [1.54, 1.807) is 0 Å². The fourth-order valence-electron chi connectivity index (χ4n) is 2.61. The lowest BCUT2D eigenvalue weighted by Gasteiger charge is -2.38. The van der Waals surface area contributed by atoms with E-state index in [0.717, 1.165) is 13.1 Å². The van der Waals surface area contributed by atoms with Crippen LogP contribution in [0.2, 0.25) is 0 Å². The van der Waals surface area contributed by atoms with Gasteiger partial charge >= 0.3 is 0 Å². The van der Waals surface area contributed by atoms with Gasteiger partial charge in [0.1, 0.15) is 6.67 Å². The minimum absolute atomic E-state index is 0.234. The van der Waals surface area contributed by atoms with E-state index >= 15 is 0 Å². The Morgan fingerprint density at radius 2 is 2.07 bits per heavy atom. The molecule has 1 aliphatic rings. The molecule has 14 heavy (non-hydrogen) atoms. The molecule has 84 valence electrons. The monoisotopic (exact) mass is 202 g/mol. The molecule has 2 unspecified atom stereocenters. The zero-order valence-electron chi connectivity index (χ0n) is 9.21. The first kappa shape index (κ1) is 11.9. The lowest BCUT2D eigenvalue weighted by atomic mass is 9.83. The Morgan fingerprint density at radius 1 is 1.36 bits per heavy atom. The summed E-state index contributed by atoms with van der Waals surface area (Å²) in [4.78, 5) is 2.26. The van der Waals surface area contributed by atoms with Crippen molar-refractivity contribution in [3.8, 4) is 0 Å². The van der Waals surface area contributed by atoms with Crippen LogP contribution in [0.4, 0.5) is 4.39 Å². The zero-order chi connectivity index (χ0) is 10.4. The van der Waals surface area contributed by atoms with E-state index in [9.17, 15) is 4.39 Å². The first-order chi connectivity index (χ1) is 6.83. The highest BCUT2D eigenvalue weighted by Crippen LogP contribution is 2.27. The molecule has 0 aromatic rings. The van der Waals surface area contributed by atoms with Gasteiger partial charge in [-0.15, -0.1) is 0 Å². The molecule has 0 radical (unpaired) electrons. The van der Waals surface area contributed by atoms with Crippen LogP contribution >= 0.6 is 0 Å². The molecule has 0 saturated heterocycles. The van der Waals surface area contributed by atoms with Crippen molar-refractivity contribution in [2.75, 3.05) is 26.3 Å². The molecule has 1 fully saturated rings. The fourth-order valence-corrected chi connectivity index (χ4v) is 2.61. The number of rotatable bonds is 5. The highest BCUT2D eigenvalue weighted by atomic mass is 19.1. The standard InChI is InChI=1S/C11H23FN2/c1-2-14(8-7-12)11-6-4-3-5-10(11)9-13/h10-11H,2-9,13H2,1H3. The second-order valence-corrected chi connectivity index (χ2v) is 4.17. The molecule has 0 spiro atoms. The topological polar surface area (TPSA) is 29.3 Å². The van der Waals surface area contributed by atoms with Gasteiger partial charge in [0, 0.05) is 12.6 Å². The van der Waals surface area contributed by atoms with Gasteiger partial charge in [0.05, 0.1) is 0 Å². The third kappa shape index (κ3) is 2.92. The predicted octanol–water partition coefficient (Wildman–Crippen LogP) is 1.80. The number of alkyl halides is 1. The summed E-state index contributed by atoms with van der Waals surface area (Å²) < 4.78 is 12.3. The Hall–Kier alpha value is -0.150. The molecule has 1 saturated carbocycles. The summed E-state index contributed by atoms with van der Waals surface area (Å²) in [7, 11) is 0. The molecule has 0 amide bonds. The molecule has 0 heterocycles. The maximum Gasteiger partial charge on any atom is 0.102 e. The molecule has 2 nitrogen and oxygen atoms in total. The highest BCUT2D eigenvalue weighted by Gasteiger charge is 2.27. The molecule has 3 heteroatoms. The maximum absolute atomic E-state index is 12.3. The second kappa shape index (κ2) is 6.36. The summed E-state index contributed by atoms with van der Waals surface area (Å²) in [5.41, 5.74) is 5.76. The summed E-state index contributed by atoms with van der Waals surface area (Å²) >= 11 is 0. The van der Waals surface area contributed by atoms with Crippen LogP contribution in [-0.2, 0) is 0 Å². The van der Waals surface area contributed by atoms with Crippen LogP contribution in [0.15, 0.2) is 0 Å². The van der Waals surface area contributed by atoms with Crippen molar-refractivity contribution in [1.82, 2.24) is 4.90 Å². The second-order valence-electron chi connectivity index (χ2n) is 4.17. The Kier molecular flexibility index (Phi) is 5.41. The van der Waals surface area contributed by atoms with Gasteiger partial charge in [-0.1, -0.05) is 19.8 Å². The van der Waals surface area contributed by atoms with Gasteiger partial charge in [-0.05, 0) is 31.8 Å². The van der Waals surface area contributed by atoms with E-state index in [0.29, 0.717) is 18.5 Å². The molecular formula is C11H23FN2. The fraction of sp³-hybridized carbons (Fsp3) is 1.00. The lowest BCUT2D eigenvalue weighted by Crippen LogP contribution is -2.45. The Balaban J connectivity index is 2.51. The zero-order valence-corrected chi connectivity index (χ0v) is 9.21. The number of hydrogen-bond donors (Lipinski definition) is 1. The van der Waals surface area contributed by atoms with E-state index in [1.165, 1.54) is 25.7 Å². The number of nitrogens with two attached hydrogens (primary N) is 1. The largest absolute Gasteiger partial charge is 0.330 e. The van der Waals surface area contributed by atoms with Gasteiger partial charge in [-0.3, -0.25) is 4.90 Å². The summed E-state index contributed by atoms with van der Waals surface area (Å²) in [6.07, 6.45) is 5.01.